The Morgan fingerprint density at radius 3 is 2.66 bits per heavy atom. The van der Waals surface area contributed by atoms with Gasteiger partial charge in [0.05, 0.1) is 5.56 Å². The van der Waals surface area contributed by atoms with Crippen LogP contribution in [0.1, 0.15) is 60.9 Å². The van der Waals surface area contributed by atoms with Gasteiger partial charge in [0.2, 0.25) is 18.2 Å². The Kier molecular flexibility index (Phi) is 8.79. The van der Waals surface area contributed by atoms with E-state index in [1.165, 1.54) is 0 Å². The predicted molar refractivity (Wildman–Crippen MR) is 110 cm³/mol. The first-order chi connectivity index (χ1) is 14.0. The second-order valence-corrected chi connectivity index (χ2v) is 7.27. The van der Waals surface area contributed by atoms with Crippen LogP contribution in [0.15, 0.2) is 18.2 Å². The topological polar surface area (TPSA) is 122 Å². The molecule has 4 amide bonds. The summed E-state index contributed by atoms with van der Waals surface area (Å²) in [7, 11) is 0. The van der Waals surface area contributed by atoms with Crippen molar-refractivity contribution in [3.63, 3.8) is 0 Å². The van der Waals surface area contributed by atoms with Crippen LogP contribution in [0.3, 0.4) is 0 Å². The highest BCUT2D eigenvalue weighted by Crippen LogP contribution is 2.24. The van der Waals surface area contributed by atoms with Crippen molar-refractivity contribution in [3.8, 4) is 0 Å². The van der Waals surface area contributed by atoms with Gasteiger partial charge in [0.1, 0.15) is 6.04 Å². The van der Waals surface area contributed by atoms with Gasteiger partial charge in [-0.2, -0.15) is 0 Å². The fraction of sp³-hybridized carbons (Fsp3) is 0.524. The fourth-order valence-corrected chi connectivity index (χ4v) is 3.46. The summed E-state index contributed by atoms with van der Waals surface area (Å²) in [4.78, 5) is 49.2. The molecular formula is C21H30N4O4. The lowest BCUT2D eigenvalue weighted by molar-refractivity contribution is -0.139. The molecule has 0 aliphatic carbocycles. The summed E-state index contributed by atoms with van der Waals surface area (Å²) >= 11 is 0. The lowest BCUT2D eigenvalue weighted by Crippen LogP contribution is -2.54. The summed E-state index contributed by atoms with van der Waals surface area (Å²) in [5.74, 6) is -1.56. The highest BCUT2D eigenvalue weighted by molar-refractivity contribution is 6.09. The van der Waals surface area contributed by atoms with Crippen LogP contribution in [0.25, 0.3) is 0 Å². The van der Waals surface area contributed by atoms with Gasteiger partial charge in [-0.15, -0.1) is 0 Å². The molecule has 1 aromatic carbocycles. The van der Waals surface area contributed by atoms with Crippen LogP contribution in [0.5, 0.6) is 0 Å². The molecule has 0 saturated carbocycles. The Morgan fingerprint density at radius 1 is 1.24 bits per heavy atom. The maximum atomic E-state index is 13.1. The van der Waals surface area contributed by atoms with E-state index in [0.29, 0.717) is 36.3 Å². The normalized spacial score (nSPS) is 16.3. The van der Waals surface area contributed by atoms with Gasteiger partial charge in [0, 0.05) is 18.7 Å². The van der Waals surface area contributed by atoms with E-state index < -0.39 is 23.8 Å². The first-order valence-corrected chi connectivity index (χ1v) is 10.1. The quantitative estimate of drug-likeness (QED) is 0.294. The largest absolute Gasteiger partial charge is 0.384 e. The van der Waals surface area contributed by atoms with Crippen LogP contribution < -0.4 is 16.4 Å². The minimum absolute atomic E-state index is 0.0943. The van der Waals surface area contributed by atoms with Gasteiger partial charge in [0.25, 0.3) is 5.91 Å². The molecule has 8 nitrogen and oxygen atoms in total. The van der Waals surface area contributed by atoms with Crippen molar-refractivity contribution in [2.45, 2.75) is 57.9 Å². The molecule has 1 saturated heterocycles. The Morgan fingerprint density at radius 2 is 1.97 bits per heavy atom. The molecule has 0 bridgehead atoms. The first kappa shape index (κ1) is 22.5. The molecule has 1 unspecified atom stereocenters. The van der Waals surface area contributed by atoms with Gasteiger partial charge >= 0.3 is 0 Å². The number of amides is 4. The van der Waals surface area contributed by atoms with Crippen LogP contribution in [-0.4, -0.2) is 48.2 Å². The molecule has 29 heavy (non-hydrogen) atoms. The van der Waals surface area contributed by atoms with Crippen LogP contribution >= 0.6 is 0 Å². The lowest BCUT2D eigenvalue weighted by Gasteiger charge is -2.29. The molecule has 0 spiro atoms. The van der Waals surface area contributed by atoms with Crippen LogP contribution in [0, 0.1) is 6.92 Å². The Hall–Kier alpha value is -2.74. The summed E-state index contributed by atoms with van der Waals surface area (Å²) < 4.78 is 0. The zero-order valence-electron chi connectivity index (χ0n) is 16.9. The van der Waals surface area contributed by atoms with Crippen molar-refractivity contribution in [2.75, 3.05) is 18.4 Å². The van der Waals surface area contributed by atoms with Gasteiger partial charge in [0.15, 0.2) is 0 Å². The Balaban J connectivity index is 2.07. The predicted octanol–water partition coefficient (Wildman–Crippen LogP) is 1.72. The number of benzene rings is 1. The van der Waals surface area contributed by atoms with Crippen molar-refractivity contribution in [3.05, 3.63) is 29.3 Å². The average molecular weight is 402 g/mol. The highest BCUT2D eigenvalue weighted by atomic mass is 16.2. The minimum Gasteiger partial charge on any atom is -0.384 e. The third-order valence-electron chi connectivity index (χ3n) is 5.08. The zero-order valence-corrected chi connectivity index (χ0v) is 16.9. The van der Waals surface area contributed by atoms with E-state index in [4.69, 9.17) is 5.73 Å². The molecule has 1 aliphatic heterocycles. The van der Waals surface area contributed by atoms with E-state index in [0.717, 1.165) is 37.0 Å². The average Bonchev–Trinajstić information content (AvgIpc) is 2.69. The maximum Gasteiger partial charge on any atom is 0.263 e. The number of nitrogens with one attached hydrogen (secondary N) is 2. The van der Waals surface area contributed by atoms with Gasteiger partial charge in [-0.1, -0.05) is 31.4 Å². The van der Waals surface area contributed by atoms with E-state index in [1.807, 2.05) is 6.07 Å². The number of aryl methyl sites for hydroxylation is 1. The monoisotopic (exact) mass is 402 g/mol. The van der Waals surface area contributed by atoms with E-state index in [9.17, 15) is 19.2 Å². The summed E-state index contributed by atoms with van der Waals surface area (Å²) in [5, 5.41) is 5.47. The minimum atomic E-state index is -0.979. The smallest absolute Gasteiger partial charge is 0.263 e. The number of nitrogens with zero attached hydrogens (tertiary/aromatic N) is 1. The standard InChI is InChI=1S/C21H30N4O4/c1-15-8-7-9-16(23-13-6-4-2-3-5-12-22)19(15)21(29)25(14-26)17-10-11-18(27)24-20(17)28/h7-9,14,17,23H,2-6,10-13,22H2,1H3,(H,24,27,28). The molecule has 4 N–H and O–H groups in total. The number of unbranched alkanes of at least 4 members (excludes halogenated alkanes) is 4. The van der Waals surface area contributed by atoms with Gasteiger partial charge in [-0.25, -0.2) is 0 Å². The molecule has 1 fully saturated rings. The molecular weight excluding hydrogens is 372 g/mol. The number of rotatable bonds is 11. The van der Waals surface area contributed by atoms with E-state index in [2.05, 4.69) is 10.6 Å². The Labute approximate surface area is 171 Å². The van der Waals surface area contributed by atoms with Crippen LogP contribution in [0.2, 0.25) is 0 Å². The van der Waals surface area contributed by atoms with Gasteiger partial charge in [-0.05, 0) is 44.4 Å². The number of carbonyl (C=O) groups is 4. The second-order valence-electron chi connectivity index (χ2n) is 7.27. The maximum absolute atomic E-state index is 13.1. The molecule has 8 heteroatoms. The SMILES string of the molecule is Cc1cccc(NCCCCCCCN)c1C(=O)N(C=O)C1CCC(=O)NC1=O. The van der Waals surface area contributed by atoms with Crippen molar-refractivity contribution < 1.29 is 19.2 Å². The summed E-state index contributed by atoms with van der Waals surface area (Å²) in [5.41, 5.74) is 7.21. The summed E-state index contributed by atoms with van der Waals surface area (Å²) in [6, 6.07) is 4.45. The second kappa shape index (κ2) is 11.3. The molecule has 2 rings (SSSR count). The van der Waals surface area contributed by atoms with E-state index in [1.54, 1.807) is 19.1 Å². The molecule has 1 atom stereocenters. The van der Waals surface area contributed by atoms with E-state index >= 15 is 0 Å². The van der Waals surface area contributed by atoms with Gasteiger partial charge < -0.3 is 11.1 Å². The number of anilines is 1. The number of imide groups is 2. The molecule has 0 aromatic heterocycles. The van der Waals surface area contributed by atoms with Crippen LogP contribution in [-0.2, 0) is 14.4 Å². The number of carbonyl (C=O) groups excluding carboxylic acids is 4. The molecule has 158 valence electrons. The number of piperidine rings is 1. The van der Waals surface area contributed by atoms with Crippen LogP contribution in [0.4, 0.5) is 5.69 Å². The van der Waals surface area contributed by atoms with Crippen molar-refractivity contribution in [2.24, 2.45) is 5.73 Å². The highest BCUT2D eigenvalue weighted by Gasteiger charge is 2.35. The zero-order chi connectivity index (χ0) is 21.2. The van der Waals surface area contributed by atoms with Crippen molar-refractivity contribution in [1.29, 1.82) is 0 Å². The third kappa shape index (κ3) is 6.12. The molecule has 1 aromatic rings. The summed E-state index contributed by atoms with van der Waals surface area (Å²) in [6.07, 6.45) is 5.89. The van der Waals surface area contributed by atoms with Crippen molar-refractivity contribution >= 4 is 29.8 Å². The number of hydrogen-bond donors (Lipinski definition) is 3. The summed E-state index contributed by atoms with van der Waals surface area (Å²) in [6.45, 7) is 3.21. The van der Waals surface area contributed by atoms with Crippen molar-refractivity contribution in [1.82, 2.24) is 10.2 Å². The van der Waals surface area contributed by atoms with E-state index in [-0.39, 0.29) is 12.8 Å². The molecule has 1 aliphatic rings. The third-order valence-corrected chi connectivity index (χ3v) is 5.08. The molecule has 0 radical (unpaired) electrons. The number of nitrogens with two attached hydrogens (primary N) is 1. The molecule has 1 heterocycles. The lowest BCUT2D eigenvalue weighted by atomic mass is 10.0. The first-order valence-electron chi connectivity index (χ1n) is 10.1. The Bertz CT molecular complexity index is 750. The number of hydrogen-bond acceptors (Lipinski definition) is 6. The van der Waals surface area contributed by atoms with Gasteiger partial charge in [-0.3, -0.25) is 29.4 Å². The fourth-order valence-electron chi connectivity index (χ4n) is 3.46.